The van der Waals surface area contributed by atoms with Crippen LogP contribution < -0.4 is 10.2 Å². The molecule has 4 aliphatic rings. The Morgan fingerprint density at radius 1 is 1.00 bits per heavy atom. The first kappa shape index (κ1) is 23.7. The van der Waals surface area contributed by atoms with Gasteiger partial charge in [0.25, 0.3) is 0 Å². The number of fused-ring (bicyclic) bond motifs is 1. The van der Waals surface area contributed by atoms with Crippen molar-refractivity contribution < 1.29 is 0 Å². The van der Waals surface area contributed by atoms with Crippen LogP contribution in [0.2, 0.25) is 0 Å². The van der Waals surface area contributed by atoms with E-state index in [-0.39, 0.29) is 0 Å². The Hall–Kier alpha value is -2.65. The molecule has 1 N–H and O–H groups in total. The molecule has 6 rings (SSSR count). The van der Waals surface area contributed by atoms with E-state index in [0.29, 0.717) is 11.6 Å². The van der Waals surface area contributed by atoms with Gasteiger partial charge in [0.2, 0.25) is 0 Å². The van der Waals surface area contributed by atoms with Crippen molar-refractivity contribution in [2.45, 2.75) is 50.1 Å². The number of likely N-dealkylation sites (N-methyl/N-ethyl adjacent to an activating group) is 1. The summed E-state index contributed by atoms with van der Waals surface area (Å²) in [5.41, 5.74) is 7.68. The highest BCUT2D eigenvalue weighted by Gasteiger charge is 2.43. The summed E-state index contributed by atoms with van der Waals surface area (Å²) >= 11 is 0. The monoisotopic (exact) mass is 481 g/mol. The Bertz CT molecular complexity index is 1160. The first-order chi connectivity index (χ1) is 17.6. The van der Waals surface area contributed by atoms with Crippen molar-refractivity contribution >= 4 is 17.3 Å². The van der Waals surface area contributed by atoms with Gasteiger partial charge < -0.3 is 15.1 Å². The summed E-state index contributed by atoms with van der Waals surface area (Å²) in [5.74, 6) is 0. The first-order valence-corrected chi connectivity index (χ1v) is 13.9. The maximum atomic E-state index is 9.22. The molecule has 3 fully saturated rings. The number of piperazine rings is 1. The van der Waals surface area contributed by atoms with E-state index in [1.54, 1.807) is 0 Å². The summed E-state index contributed by atoms with van der Waals surface area (Å²) in [4.78, 5) is 7.83. The molecule has 0 atom stereocenters. The number of hydrogen-bond donors (Lipinski definition) is 1. The lowest BCUT2D eigenvalue weighted by atomic mass is 9.74. The van der Waals surface area contributed by atoms with Crippen LogP contribution in [-0.2, 0) is 6.42 Å². The van der Waals surface area contributed by atoms with Crippen LogP contribution in [0.4, 0.5) is 5.69 Å². The third-order valence-electron chi connectivity index (χ3n) is 9.24. The van der Waals surface area contributed by atoms with Crippen molar-refractivity contribution in [1.82, 2.24) is 15.1 Å². The lowest BCUT2D eigenvalue weighted by Crippen LogP contribution is -2.64. The molecule has 36 heavy (non-hydrogen) atoms. The maximum Gasteiger partial charge on any atom is 0.0991 e. The minimum Gasteiger partial charge on any atom is -0.371 e. The zero-order valence-electron chi connectivity index (χ0n) is 21.7. The van der Waals surface area contributed by atoms with E-state index in [1.165, 1.54) is 92.8 Å². The lowest BCUT2D eigenvalue weighted by molar-refractivity contribution is -0.0151. The Morgan fingerprint density at radius 3 is 2.53 bits per heavy atom. The van der Waals surface area contributed by atoms with Gasteiger partial charge in [-0.1, -0.05) is 24.3 Å². The van der Waals surface area contributed by atoms with Crippen molar-refractivity contribution in [3.8, 4) is 6.07 Å². The van der Waals surface area contributed by atoms with Crippen LogP contribution >= 0.6 is 0 Å². The number of anilines is 1. The van der Waals surface area contributed by atoms with E-state index in [1.807, 2.05) is 12.1 Å². The summed E-state index contributed by atoms with van der Waals surface area (Å²) in [7, 11) is 2.25. The van der Waals surface area contributed by atoms with E-state index in [4.69, 9.17) is 0 Å². The van der Waals surface area contributed by atoms with Gasteiger partial charge >= 0.3 is 0 Å². The van der Waals surface area contributed by atoms with Crippen LogP contribution in [0.25, 0.3) is 11.6 Å². The number of piperidine rings is 1. The Morgan fingerprint density at radius 2 is 1.81 bits per heavy atom. The normalized spacial score (nSPS) is 22.6. The molecule has 2 heterocycles. The summed E-state index contributed by atoms with van der Waals surface area (Å²) in [6.45, 7) is 8.29. The molecule has 0 radical (unpaired) electrons. The molecule has 1 saturated carbocycles. The third-order valence-corrected chi connectivity index (χ3v) is 9.24. The van der Waals surface area contributed by atoms with Crippen LogP contribution in [0.3, 0.4) is 0 Å². The molecule has 5 nitrogen and oxygen atoms in total. The molecular weight excluding hydrogens is 442 g/mol. The third kappa shape index (κ3) is 4.70. The molecule has 2 aromatic rings. The van der Waals surface area contributed by atoms with Gasteiger partial charge in [-0.2, -0.15) is 5.26 Å². The molecule has 2 aromatic carbocycles. The van der Waals surface area contributed by atoms with Gasteiger partial charge in [0, 0.05) is 63.1 Å². The van der Waals surface area contributed by atoms with Crippen molar-refractivity contribution in [2.24, 2.45) is 0 Å². The number of hydrogen-bond acceptors (Lipinski definition) is 5. The molecule has 0 aromatic heterocycles. The predicted octanol–water partition coefficient (Wildman–Crippen LogP) is 4.38. The molecule has 0 spiro atoms. The standard InChI is InChI=1S/C31H39N5/c1-34-14-16-36(17-15-34)31(10-3-11-31)23-33-29-8-12-35(13-9-29)30-5-2-4-25(21-30)28-19-26-7-6-24(22-32)18-27(26)20-28/h2,4-7,18,20-21,29,33H,3,8-17,19,23H2,1H3. The van der Waals surface area contributed by atoms with Crippen LogP contribution in [-0.4, -0.2) is 74.2 Å². The first-order valence-electron chi connectivity index (χ1n) is 13.9. The van der Waals surface area contributed by atoms with Gasteiger partial charge in [-0.3, -0.25) is 4.90 Å². The van der Waals surface area contributed by atoms with Gasteiger partial charge in [0.1, 0.15) is 0 Å². The van der Waals surface area contributed by atoms with E-state index >= 15 is 0 Å². The molecule has 0 amide bonds. The summed E-state index contributed by atoms with van der Waals surface area (Å²) in [5, 5.41) is 13.2. The molecule has 2 aliphatic carbocycles. The number of rotatable bonds is 6. The zero-order chi connectivity index (χ0) is 24.5. The van der Waals surface area contributed by atoms with Gasteiger partial charge in [0.15, 0.2) is 0 Å². The molecular formula is C31H39N5. The van der Waals surface area contributed by atoms with Crippen molar-refractivity contribution in [1.29, 1.82) is 5.26 Å². The van der Waals surface area contributed by atoms with Gasteiger partial charge in [-0.15, -0.1) is 0 Å². The molecule has 0 unspecified atom stereocenters. The summed E-state index contributed by atoms with van der Waals surface area (Å²) < 4.78 is 0. The fraction of sp³-hybridized carbons (Fsp3) is 0.516. The average molecular weight is 482 g/mol. The van der Waals surface area contributed by atoms with E-state index in [0.717, 1.165) is 25.1 Å². The number of nitrogens with zero attached hydrogens (tertiary/aromatic N) is 4. The largest absolute Gasteiger partial charge is 0.371 e. The molecule has 0 bridgehead atoms. The quantitative estimate of drug-likeness (QED) is 0.663. The van der Waals surface area contributed by atoms with Crippen LogP contribution in [0.5, 0.6) is 0 Å². The SMILES string of the molecule is CN1CCN(C2(CNC3CCN(c4cccc(C5=Cc6cc(C#N)ccc6C5)c4)CC3)CCC2)CC1. The summed E-state index contributed by atoms with van der Waals surface area (Å²) in [6.07, 6.45) is 9.78. The summed E-state index contributed by atoms with van der Waals surface area (Å²) in [6, 6.07) is 18.0. The number of allylic oxidation sites excluding steroid dienone is 1. The van der Waals surface area contributed by atoms with Gasteiger partial charge in [-0.25, -0.2) is 0 Å². The zero-order valence-corrected chi connectivity index (χ0v) is 21.7. The fourth-order valence-electron chi connectivity index (χ4n) is 6.64. The molecule has 2 aliphatic heterocycles. The smallest absolute Gasteiger partial charge is 0.0991 e. The number of benzene rings is 2. The Kier molecular flexibility index (Phi) is 6.60. The topological polar surface area (TPSA) is 45.5 Å². The van der Waals surface area contributed by atoms with Gasteiger partial charge in [0.05, 0.1) is 11.6 Å². The lowest BCUT2D eigenvalue weighted by Gasteiger charge is -2.53. The molecule has 5 heteroatoms. The van der Waals surface area contributed by atoms with Crippen LogP contribution in [0.1, 0.15) is 54.4 Å². The molecule has 188 valence electrons. The Balaban J connectivity index is 1.04. The second-order valence-corrected chi connectivity index (χ2v) is 11.4. The highest BCUT2D eigenvalue weighted by molar-refractivity contribution is 5.89. The van der Waals surface area contributed by atoms with Crippen molar-refractivity contribution in [2.75, 3.05) is 57.8 Å². The minimum absolute atomic E-state index is 0.424. The Labute approximate surface area is 216 Å². The van der Waals surface area contributed by atoms with Crippen molar-refractivity contribution in [3.63, 3.8) is 0 Å². The number of nitrogens with one attached hydrogen (secondary N) is 1. The molecule has 2 saturated heterocycles. The maximum absolute atomic E-state index is 9.22. The van der Waals surface area contributed by atoms with E-state index in [2.05, 4.69) is 69.5 Å². The van der Waals surface area contributed by atoms with Crippen LogP contribution in [0.15, 0.2) is 42.5 Å². The second-order valence-electron chi connectivity index (χ2n) is 11.4. The minimum atomic E-state index is 0.424. The van der Waals surface area contributed by atoms with E-state index < -0.39 is 0 Å². The van der Waals surface area contributed by atoms with Crippen LogP contribution in [0, 0.1) is 11.3 Å². The predicted molar refractivity (Wildman–Crippen MR) is 148 cm³/mol. The van der Waals surface area contributed by atoms with Crippen molar-refractivity contribution in [3.05, 3.63) is 64.7 Å². The highest BCUT2D eigenvalue weighted by atomic mass is 15.3. The fourth-order valence-corrected chi connectivity index (χ4v) is 6.64. The van der Waals surface area contributed by atoms with Gasteiger partial charge in [-0.05, 0) is 92.1 Å². The second kappa shape index (κ2) is 10.0. The van der Waals surface area contributed by atoms with E-state index in [9.17, 15) is 5.26 Å². The average Bonchev–Trinajstić information content (AvgIpc) is 3.33. The highest BCUT2D eigenvalue weighted by Crippen LogP contribution is 2.38. The number of nitriles is 1.